The molecular weight excluding hydrogens is 597 g/mol. The van der Waals surface area contributed by atoms with E-state index in [1.807, 2.05) is 50.4 Å². The number of benzene rings is 1. The summed E-state index contributed by atoms with van der Waals surface area (Å²) in [5.74, 6) is -2.07. The number of rotatable bonds is 8. The molecule has 0 unspecified atom stereocenters. The first kappa shape index (κ1) is 31.1. The summed E-state index contributed by atoms with van der Waals surface area (Å²) >= 11 is 14.7. The standard InChI is InChI=1S/C28H25Cl2N5O4S.C2H6/c1-2-19(22-6-4-10-40-22)32-13-21(28(38)39)34-26(36)23-18(29)11-16-14-35(9-7-17(16)24(23)30)27(37)20-12-15-5-3-8-31-25(15)33-20;1-2/h2-6,8,10-12,21,32H,7,9,13-14H2,1H3,(H,31,33)(H,34,36)(H,38,39);1-2H3/b19-2+;/t21-;/m0./s1. The highest BCUT2D eigenvalue weighted by molar-refractivity contribution is 7.11. The van der Waals surface area contributed by atoms with Crippen molar-refractivity contribution in [2.24, 2.45) is 0 Å². The minimum absolute atomic E-state index is 0.0133. The summed E-state index contributed by atoms with van der Waals surface area (Å²) in [4.78, 5) is 48.3. The molecule has 2 amide bonds. The highest BCUT2D eigenvalue weighted by Crippen LogP contribution is 2.35. The third kappa shape index (κ3) is 6.61. The predicted octanol–water partition coefficient (Wildman–Crippen LogP) is 5.99. The maximum absolute atomic E-state index is 13.2. The molecule has 5 rings (SSSR count). The van der Waals surface area contributed by atoms with E-state index >= 15 is 0 Å². The summed E-state index contributed by atoms with van der Waals surface area (Å²) in [6, 6.07) is 9.65. The van der Waals surface area contributed by atoms with Crippen molar-refractivity contribution in [3.63, 3.8) is 0 Å². The maximum Gasteiger partial charge on any atom is 0.328 e. The molecule has 0 aliphatic carbocycles. The van der Waals surface area contributed by atoms with E-state index in [-0.39, 0.29) is 34.6 Å². The molecule has 0 bridgehead atoms. The molecule has 0 radical (unpaired) electrons. The van der Waals surface area contributed by atoms with Crippen LogP contribution < -0.4 is 10.6 Å². The fraction of sp³-hybridized carbons (Fsp3) is 0.267. The van der Waals surface area contributed by atoms with Crippen LogP contribution >= 0.6 is 34.5 Å². The number of carbonyl (C=O) groups is 3. The van der Waals surface area contributed by atoms with Gasteiger partial charge in [-0.3, -0.25) is 9.59 Å². The average Bonchev–Trinajstić information content (AvgIpc) is 3.68. The molecule has 1 aromatic carbocycles. The van der Waals surface area contributed by atoms with Crippen LogP contribution in [0, 0.1) is 0 Å². The molecule has 0 saturated carbocycles. The molecule has 1 aliphatic rings. The Morgan fingerprint density at radius 1 is 1.21 bits per heavy atom. The molecule has 9 nitrogen and oxygen atoms in total. The molecule has 4 heterocycles. The molecule has 42 heavy (non-hydrogen) atoms. The number of carbonyl (C=O) groups excluding carboxylic acids is 2. The highest BCUT2D eigenvalue weighted by Gasteiger charge is 2.30. The van der Waals surface area contributed by atoms with Gasteiger partial charge in [0.1, 0.15) is 17.4 Å². The van der Waals surface area contributed by atoms with Gasteiger partial charge in [0.05, 0.1) is 15.6 Å². The average molecular weight is 629 g/mol. The third-order valence-electron chi connectivity index (χ3n) is 6.72. The van der Waals surface area contributed by atoms with Crippen LogP contribution in [0.15, 0.2) is 54.1 Å². The van der Waals surface area contributed by atoms with Crippen molar-refractivity contribution in [3.05, 3.63) is 91.4 Å². The van der Waals surface area contributed by atoms with Crippen LogP contribution in [0.3, 0.4) is 0 Å². The Balaban J connectivity index is 0.00000198. The molecule has 3 aromatic heterocycles. The van der Waals surface area contributed by atoms with Crippen LogP contribution in [0.5, 0.6) is 0 Å². The van der Waals surface area contributed by atoms with Gasteiger partial charge >= 0.3 is 5.97 Å². The van der Waals surface area contributed by atoms with Gasteiger partial charge in [-0.25, -0.2) is 9.78 Å². The minimum Gasteiger partial charge on any atom is -0.480 e. The summed E-state index contributed by atoms with van der Waals surface area (Å²) < 4.78 is 0. The van der Waals surface area contributed by atoms with E-state index in [0.29, 0.717) is 29.9 Å². The van der Waals surface area contributed by atoms with Crippen LogP contribution in [0.2, 0.25) is 10.0 Å². The van der Waals surface area contributed by atoms with Crippen LogP contribution in [-0.4, -0.2) is 56.9 Å². The molecule has 12 heteroatoms. The fourth-order valence-electron chi connectivity index (χ4n) is 4.68. The number of H-pyrrole nitrogens is 1. The zero-order chi connectivity index (χ0) is 30.4. The molecule has 0 fully saturated rings. The normalized spacial score (nSPS) is 13.5. The maximum atomic E-state index is 13.2. The van der Waals surface area contributed by atoms with Gasteiger partial charge in [0.2, 0.25) is 0 Å². The van der Waals surface area contributed by atoms with E-state index < -0.39 is 17.9 Å². The summed E-state index contributed by atoms with van der Waals surface area (Å²) in [6.45, 7) is 6.44. The number of halogens is 2. The molecule has 0 saturated heterocycles. The van der Waals surface area contributed by atoms with Crippen molar-refractivity contribution in [1.29, 1.82) is 0 Å². The lowest BCUT2D eigenvalue weighted by atomic mass is 9.96. The predicted molar refractivity (Wildman–Crippen MR) is 167 cm³/mol. The lowest BCUT2D eigenvalue weighted by molar-refractivity contribution is -0.139. The number of thiophene rings is 1. The monoisotopic (exact) mass is 627 g/mol. The number of amides is 2. The van der Waals surface area contributed by atoms with E-state index in [2.05, 4.69) is 20.6 Å². The van der Waals surface area contributed by atoms with Gasteiger partial charge < -0.3 is 25.6 Å². The van der Waals surface area contributed by atoms with Crippen LogP contribution in [0.25, 0.3) is 16.7 Å². The van der Waals surface area contributed by atoms with E-state index in [1.54, 1.807) is 29.3 Å². The zero-order valence-corrected chi connectivity index (χ0v) is 25.7. The van der Waals surface area contributed by atoms with Crippen LogP contribution in [-0.2, 0) is 17.8 Å². The number of allylic oxidation sites excluding steroid dienone is 1. The van der Waals surface area contributed by atoms with Crippen molar-refractivity contribution >= 4 is 69.1 Å². The number of fused-ring (bicyclic) bond motifs is 2. The second-order valence-electron chi connectivity index (χ2n) is 9.21. The summed E-state index contributed by atoms with van der Waals surface area (Å²) in [7, 11) is 0. The number of carboxylic acids is 1. The van der Waals surface area contributed by atoms with E-state index in [9.17, 15) is 19.5 Å². The number of hydrogen-bond acceptors (Lipinski definition) is 6. The Morgan fingerprint density at radius 3 is 2.67 bits per heavy atom. The number of nitrogens with one attached hydrogen (secondary N) is 3. The second kappa shape index (κ2) is 13.9. The Kier molecular flexibility index (Phi) is 10.3. The molecule has 4 aromatic rings. The van der Waals surface area contributed by atoms with Crippen molar-refractivity contribution < 1.29 is 19.5 Å². The van der Waals surface area contributed by atoms with Gasteiger partial charge in [-0.05, 0) is 60.2 Å². The number of aliphatic carboxylic acids is 1. The Hall–Kier alpha value is -3.86. The first-order valence-corrected chi connectivity index (χ1v) is 15.1. The van der Waals surface area contributed by atoms with E-state index in [0.717, 1.165) is 21.5 Å². The lowest BCUT2D eigenvalue weighted by Gasteiger charge is -2.30. The summed E-state index contributed by atoms with van der Waals surface area (Å²) in [5.41, 5.74) is 3.28. The number of pyridine rings is 1. The van der Waals surface area contributed by atoms with E-state index in [4.69, 9.17) is 23.2 Å². The number of nitrogens with zero attached hydrogens (tertiary/aromatic N) is 2. The van der Waals surface area contributed by atoms with Crippen LogP contribution in [0.1, 0.15) is 57.6 Å². The number of carboxylic acid groups (broad SMARTS) is 1. The van der Waals surface area contributed by atoms with Gasteiger partial charge in [-0.15, -0.1) is 11.3 Å². The molecule has 1 atom stereocenters. The SMILES string of the molecule is C/C=C(/NC[C@H](NC(=O)c1c(Cl)cc2c(c1Cl)CCN(C(=O)c1cc3cccnc3[nH]1)C2)C(=O)O)c1cccs1.CC. The summed E-state index contributed by atoms with van der Waals surface area (Å²) in [5, 5.41) is 18.4. The summed E-state index contributed by atoms with van der Waals surface area (Å²) in [6.07, 6.45) is 3.90. The highest BCUT2D eigenvalue weighted by atomic mass is 35.5. The topological polar surface area (TPSA) is 127 Å². The van der Waals surface area contributed by atoms with Crippen molar-refractivity contribution in [3.8, 4) is 0 Å². The molecule has 1 aliphatic heterocycles. The Labute approximate surface area is 257 Å². The number of aromatic amines is 1. The van der Waals surface area contributed by atoms with Crippen LogP contribution in [0.4, 0.5) is 0 Å². The first-order chi connectivity index (χ1) is 20.3. The zero-order valence-electron chi connectivity index (χ0n) is 23.3. The van der Waals surface area contributed by atoms with Crippen molar-refractivity contribution in [1.82, 2.24) is 25.5 Å². The van der Waals surface area contributed by atoms with E-state index in [1.165, 1.54) is 11.3 Å². The second-order valence-corrected chi connectivity index (χ2v) is 10.9. The van der Waals surface area contributed by atoms with Gasteiger partial charge in [-0.2, -0.15) is 0 Å². The molecule has 4 N–H and O–H groups in total. The van der Waals surface area contributed by atoms with Gasteiger partial charge in [0.25, 0.3) is 11.8 Å². The number of hydrogen-bond donors (Lipinski definition) is 4. The Bertz CT molecular complexity index is 1600. The fourth-order valence-corrected chi connectivity index (χ4v) is 6.22. The molecule has 220 valence electrons. The van der Waals surface area contributed by atoms with Gasteiger partial charge in [0.15, 0.2) is 0 Å². The van der Waals surface area contributed by atoms with Gasteiger partial charge in [0, 0.05) is 41.8 Å². The first-order valence-electron chi connectivity index (χ1n) is 13.5. The van der Waals surface area contributed by atoms with Gasteiger partial charge in [-0.1, -0.05) is 49.2 Å². The largest absolute Gasteiger partial charge is 0.480 e. The molecule has 0 spiro atoms. The van der Waals surface area contributed by atoms with Crippen molar-refractivity contribution in [2.45, 2.75) is 39.8 Å². The quantitative estimate of drug-likeness (QED) is 0.190. The molecular formula is C30H31Cl2N5O4S. The third-order valence-corrected chi connectivity index (χ3v) is 8.33. The number of aromatic nitrogens is 2. The lowest BCUT2D eigenvalue weighted by Crippen LogP contribution is -2.47. The van der Waals surface area contributed by atoms with Crippen molar-refractivity contribution in [2.75, 3.05) is 13.1 Å². The Morgan fingerprint density at radius 2 is 2.00 bits per heavy atom. The smallest absolute Gasteiger partial charge is 0.328 e. The minimum atomic E-state index is -1.23.